The molecule has 9 heteroatoms. The fraction of sp³-hybridized carbons (Fsp3) is 0.375. The lowest BCUT2D eigenvalue weighted by Crippen LogP contribution is -2.39. The fourth-order valence-electron chi connectivity index (χ4n) is 2.21. The van der Waals surface area contributed by atoms with Crippen LogP contribution in [0.2, 0.25) is 0 Å². The van der Waals surface area contributed by atoms with Crippen molar-refractivity contribution in [3.05, 3.63) is 44.4 Å². The number of benzene rings is 1. The summed E-state index contributed by atoms with van der Waals surface area (Å²) in [5, 5.41) is 14.6. The van der Waals surface area contributed by atoms with E-state index in [9.17, 15) is 14.9 Å². The number of carbonyl (C=O) groups is 1. The lowest BCUT2D eigenvalue weighted by molar-refractivity contribution is -0.384. The number of aryl methyl sites for hydroxylation is 1. The van der Waals surface area contributed by atoms with Crippen LogP contribution >= 0.6 is 11.3 Å². The van der Waals surface area contributed by atoms with E-state index in [-0.39, 0.29) is 17.3 Å². The number of nitro benzene ring substituents is 1. The molecule has 0 spiro atoms. The quantitative estimate of drug-likeness (QED) is 0.599. The number of carbonyl (C=O) groups excluding carboxylic acids is 1. The maximum absolute atomic E-state index is 12.5. The molecule has 0 radical (unpaired) electrons. The molecule has 1 amide bonds. The molecule has 1 atom stereocenters. The highest BCUT2D eigenvalue weighted by Crippen LogP contribution is 2.29. The van der Waals surface area contributed by atoms with Gasteiger partial charge in [-0.25, -0.2) is 4.98 Å². The first-order valence-electron chi connectivity index (χ1n) is 7.56. The average Bonchev–Trinajstić information content (AvgIpc) is 2.98. The summed E-state index contributed by atoms with van der Waals surface area (Å²) < 4.78 is 5.16. The molecule has 134 valence electrons. The van der Waals surface area contributed by atoms with Gasteiger partial charge in [-0.2, -0.15) is 0 Å². The van der Waals surface area contributed by atoms with E-state index in [4.69, 9.17) is 4.74 Å². The molecule has 0 fully saturated rings. The molecule has 1 N–H and O–H groups in total. The molecule has 0 unspecified atom stereocenters. The molecule has 0 aliphatic rings. The van der Waals surface area contributed by atoms with E-state index in [1.165, 1.54) is 25.3 Å². The zero-order valence-electron chi connectivity index (χ0n) is 14.5. The molecule has 1 aromatic carbocycles. The third-order valence-corrected chi connectivity index (χ3v) is 4.66. The molecular formula is C16H20N4O4S. The maximum Gasteiger partial charge on any atom is 0.271 e. The Labute approximate surface area is 149 Å². The predicted octanol–water partition coefficient (Wildman–Crippen LogP) is 2.83. The molecule has 1 heterocycles. The molecule has 2 aromatic rings. The summed E-state index contributed by atoms with van der Waals surface area (Å²) >= 11 is 1.58. The number of hydrogen-bond acceptors (Lipinski definition) is 7. The van der Waals surface area contributed by atoms with E-state index in [0.717, 1.165) is 9.88 Å². The number of nitro groups is 1. The van der Waals surface area contributed by atoms with Crippen LogP contribution in [0.1, 0.15) is 16.8 Å². The van der Waals surface area contributed by atoms with Crippen molar-refractivity contribution in [3.8, 4) is 5.75 Å². The number of amides is 1. The number of aromatic nitrogens is 1. The van der Waals surface area contributed by atoms with Crippen LogP contribution in [0.15, 0.2) is 24.4 Å². The van der Waals surface area contributed by atoms with Gasteiger partial charge in [-0.1, -0.05) is 0 Å². The number of likely N-dealkylation sites (N-methyl/N-ethyl adjacent to an activating group) is 1. The first-order chi connectivity index (χ1) is 11.8. The van der Waals surface area contributed by atoms with Gasteiger partial charge in [0.15, 0.2) is 0 Å². The summed E-state index contributed by atoms with van der Waals surface area (Å²) in [7, 11) is 3.28. The van der Waals surface area contributed by atoms with Crippen LogP contribution in [0.5, 0.6) is 5.75 Å². The van der Waals surface area contributed by atoms with Gasteiger partial charge < -0.3 is 10.1 Å². The zero-order valence-corrected chi connectivity index (χ0v) is 15.3. The predicted molar refractivity (Wildman–Crippen MR) is 96.1 cm³/mol. The summed E-state index contributed by atoms with van der Waals surface area (Å²) in [5.41, 5.74) is 0.160. The minimum absolute atomic E-state index is 0.114. The highest BCUT2D eigenvalue weighted by Gasteiger charge is 2.21. The largest absolute Gasteiger partial charge is 0.495 e. The normalized spacial score (nSPS) is 12.0. The molecule has 0 aliphatic carbocycles. The van der Waals surface area contributed by atoms with Crippen LogP contribution in [-0.2, 0) is 11.3 Å². The van der Waals surface area contributed by atoms with Crippen LogP contribution in [-0.4, -0.2) is 40.9 Å². The van der Waals surface area contributed by atoms with E-state index < -0.39 is 11.0 Å². The average molecular weight is 364 g/mol. The molecule has 0 saturated carbocycles. The molecular weight excluding hydrogens is 344 g/mol. The number of ether oxygens (including phenoxy) is 1. The van der Waals surface area contributed by atoms with Crippen molar-refractivity contribution >= 4 is 28.6 Å². The van der Waals surface area contributed by atoms with Gasteiger partial charge in [0.05, 0.1) is 28.8 Å². The minimum atomic E-state index is -0.517. The van der Waals surface area contributed by atoms with Crippen LogP contribution in [0.4, 0.5) is 11.4 Å². The molecule has 8 nitrogen and oxygen atoms in total. The van der Waals surface area contributed by atoms with Gasteiger partial charge >= 0.3 is 0 Å². The van der Waals surface area contributed by atoms with E-state index in [1.54, 1.807) is 24.5 Å². The first kappa shape index (κ1) is 18.8. The zero-order chi connectivity index (χ0) is 18.6. The van der Waals surface area contributed by atoms with Crippen LogP contribution < -0.4 is 10.1 Å². The Morgan fingerprint density at radius 1 is 1.52 bits per heavy atom. The topological polar surface area (TPSA) is 97.6 Å². The second-order valence-electron chi connectivity index (χ2n) is 5.57. The number of rotatable bonds is 7. The number of non-ortho nitro benzene ring substituents is 1. The number of nitrogens with one attached hydrogen (secondary N) is 1. The second-order valence-corrected chi connectivity index (χ2v) is 6.89. The van der Waals surface area contributed by atoms with Crippen molar-refractivity contribution in [2.45, 2.75) is 26.4 Å². The SMILES string of the molecule is COc1ccc([N+](=O)[O-])cc1NC(=O)[C@@H](C)N(C)Cc1cnc(C)s1. The van der Waals surface area contributed by atoms with E-state index in [0.29, 0.717) is 12.3 Å². The molecule has 1 aromatic heterocycles. The van der Waals surface area contributed by atoms with Crippen LogP contribution in [0.25, 0.3) is 0 Å². The number of methoxy groups -OCH3 is 1. The smallest absolute Gasteiger partial charge is 0.271 e. The number of thiazole rings is 1. The number of nitrogens with zero attached hydrogens (tertiary/aromatic N) is 3. The molecule has 25 heavy (non-hydrogen) atoms. The van der Waals surface area contributed by atoms with E-state index >= 15 is 0 Å². The summed E-state index contributed by atoms with van der Waals surface area (Å²) in [6.45, 7) is 4.29. The van der Waals surface area contributed by atoms with Crippen molar-refractivity contribution in [2.24, 2.45) is 0 Å². The standard InChI is InChI=1S/C16H20N4O4S/c1-10(19(3)9-13-8-17-11(2)25-13)16(21)18-14-7-12(20(22)23)5-6-15(14)24-4/h5-8,10H,9H2,1-4H3,(H,18,21)/t10-/m1/s1. The Hall–Kier alpha value is -2.52. The Balaban J connectivity index is 2.09. The van der Waals surface area contributed by atoms with Gasteiger partial charge in [0.2, 0.25) is 5.91 Å². The number of hydrogen-bond donors (Lipinski definition) is 1. The van der Waals surface area contributed by atoms with Gasteiger partial charge in [0.25, 0.3) is 5.69 Å². The number of anilines is 1. The Morgan fingerprint density at radius 2 is 2.24 bits per heavy atom. The maximum atomic E-state index is 12.5. The fourth-order valence-corrected chi connectivity index (χ4v) is 3.06. The first-order valence-corrected chi connectivity index (χ1v) is 8.38. The summed E-state index contributed by atoms with van der Waals surface area (Å²) in [5.74, 6) is 0.0921. The third-order valence-electron chi connectivity index (χ3n) is 3.77. The van der Waals surface area contributed by atoms with Gasteiger partial charge in [-0.3, -0.25) is 19.8 Å². The molecule has 0 bridgehead atoms. The highest BCUT2D eigenvalue weighted by molar-refractivity contribution is 7.11. The Morgan fingerprint density at radius 3 is 2.80 bits per heavy atom. The third kappa shape index (κ3) is 4.74. The Bertz CT molecular complexity index is 777. The van der Waals surface area contributed by atoms with Crippen molar-refractivity contribution in [3.63, 3.8) is 0 Å². The summed E-state index contributed by atoms with van der Waals surface area (Å²) in [4.78, 5) is 30.1. The monoisotopic (exact) mass is 364 g/mol. The van der Waals surface area contributed by atoms with Crippen molar-refractivity contribution in [2.75, 3.05) is 19.5 Å². The van der Waals surface area contributed by atoms with E-state index in [2.05, 4.69) is 10.3 Å². The molecule has 2 rings (SSSR count). The van der Waals surface area contributed by atoms with Crippen LogP contribution in [0, 0.1) is 17.0 Å². The van der Waals surface area contributed by atoms with Crippen molar-refractivity contribution < 1.29 is 14.5 Å². The summed E-state index contributed by atoms with van der Waals surface area (Å²) in [6, 6.07) is 3.64. The molecule has 0 saturated heterocycles. The van der Waals surface area contributed by atoms with Crippen LogP contribution in [0.3, 0.4) is 0 Å². The summed E-state index contributed by atoms with van der Waals surface area (Å²) in [6.07, 6.45) is 1.80. The van der Waals surface area contributed by atoms with Gasteiger partial charge in [-0.05, 0) is 27.0 Å². The highest BCUT2D eigenvalue weighted by atomic mass is 32.1. The van der Waals surface area contributed by atoms with Gasteiger partial charge in [0.1, 0.15) is 5.75 Å². The lowest BCUT2D eigenvalue weighted by Gasteiger charge is -2.23. The van der Waals surface area contributed by atoms with Gasteiger partial charge in [0, 0.05) is 29.8 Å². The lowest BCUT2D eigenvalue weighted by atomic mass is 10.2. The van der Waals surface area contributed by atoms with E-state index in [1.807, 2.05) is 18.9 Å². The van der Waals surface area contributed by atoms with Crippen molar-refractivity contribution in [1.82, 2.24) is 9.88 Å². The second kappa shape index (κ2) is 8.04. The Kier molecular flexibility index (Phi) is 6.05. The molecule has 0 aliphatic heterocycles. The van der Waals surface area contributed by atoms with Gasteiger partial charge in [-0.15, -0.1) is 11.3 Å². The van der Waals surface area contributed by atoms with Crippen molar-refractivity contribution in [1.29, 1.82) is 0 Å². The minimum Gasteiger partial charge on any atom is -0.495 e.